The molecule has 0 aliphatic heterocycles. The lowest BCUT2D eigenvalue weighted by molar-refractivity contribution is 0.629. The summed E-state index contributed by atoms with van der Waals surface area (Å²) in [4.78, 5) is 3.05. The number of hydrogen-bond acceptors (Lipinski definition) is 1. The topological polar surface area (TPSA) is 20.7 Å². The summed E-state index contributed by atoms with van der Waals surface area (Å²) in [5.41, 5.74) is 2.19. The Labute approximate surface area is 132 Å². The van der Waals surface area contributed by atoms with Gasteiger partial charge in [0.2, 0.25) is 0 Å². The predicted octanol–water partition coefficient (Wildman–Crippen LogP) is 5.09. The summed E-state index contributed by atoms with van der Waals surface area (Å²) in [5, 5.41) is 0.577. The van der Waals surface area contributed by atoms with E-state index in [0.717, 1.165) is 14.8 Å². The van der Waals surface area contributed by atoms with Crippen molar-refractivity contribution in [1.29, 1.82) is 0 Å². The molecule has 1 aromatic heterocycles. The fourth-order valence-corrected chi connectivity index (χ4v) is 3.22. The first-order valence-electron chi connectivity index (χ1n) is 5.42. The van der Waals surface area contributed by atoms with Gasteiger partial charge in [-0.15, -0.1) is 0 Å². The van der Waals surface area contributed by atoms with Crippen molar-refractivity contribution in [3.8, 4) is 5.69 Å². The van der Waals surface area contributed by atoms with Crippen molar-refractivity contribution in [1.82, 2.24) is 9.55 Å². The number of benzene rings is 2. The lowest BCUT2D eigenvalue weighted by atomic mass is 10.2. The van der Waals surface area contributed by atoms with Crippen LogP contribution in [0.2, 0.25) is 5.02 Å². The van der Waals surface area contributed by atoms with Gasteiger partial charge in [-0.25, -0.2) is 4.39 Å². The maximum Gasteiger partial charge on any atom is 0.182 e. The molecule has 0 aliphatic rings. The van der Waals surface area contributed by atoms with Crippen LogP contribution in [0.15, 0.2) is 36.4 Å². The summed E-state index contributed by atoms with van der Waals surface area (Å²) in [6, 6.07) is 10.2. The summed E-state index contributed by atoms with van der Waals surface area (Å²) < 4.78 is 16.7. The minimum atomic E-state index is -0.308. The quantitative estimate of drug-likeness (QED) is 0.443. The minimum Gasteiger partial charge on any atom is -0.330 e. The molecular formula is C13H7ClFIN2S. The van der Waals surface area contributed by atoms with E-state index in [1.807, 2.05) is 18.2 Å². The molecule has 0 unspecified atom stereocenters. The molecule has 96 valence electrons. The van der Waals surface area contributed by atoms with E-state index in [4.69, 9.17) is 23.8 Å². The Bertz CT molecular complexity index is 840. The highest BCUT2D eigenvalue weighted by atomic mass is 127. The van der Waals surface area contributed by atoms with Crippen LogP contribution in [0.5, 0.6) is 0 Å². The Morgan fingerprint density at radius 2 is 2.00 bits per heavy atom. The van der Waals surface area contributed by atoms with Crippen LogP contribution in [0.25, 0.3) is 16.7 Å². The zero-order valence-electron chi connectivity index (χ0n) is 9.45. The third-order valence-electron chi connectivity index (χ3n) is 2.80. The highest BCUT2D eigenvalue weighted by Crippen LogP contribution is 2.27. The van der Waals surface area contributed by atoms with E-state index in [-0.39, 0.29) is 5.82 Å². The van der Waals surface area contributed by atoms with E-state index in [9.17, 15) is 4.39 Å². The van der Waals surface area contributed by atoms with Crippen molar-refractivity contribution in [3.63, 3.8) is 0 Å². The van der Waals surface area contributed by atoms with Crippen molar-refractivity contribution in [2.24, 2.45) is 0 Å². The van der Waals surface area contributed by atoms with Crippen LogP contribution in [-0.4, -0.2) is 9.55 Å². The van der Waals surface area contributed by atoms with Gasteiger partial charge in [0, 0.05) is 9.64 Å². The van der Waals surface area contributed by atoms with Gasteiger partial charge in [-0.2, -0.15) is 0 Å². The van der Waals surface area contributed by atoms with Gasteiger partial charge in [-0.1, -0.05) is 11.6 Å². The van der Waals surface area contributed by atoms with Gasteiger partial charge in [0.1, 0.15) is 5.82 Å². The van der Waals surface area contributed by atoms with Gasteiger partial charge >= 0.3 is 0 Å². The molecule has 2 nitrogen and oxygen atoms in total. The maximum atomic E-state index is 13.4. The van der Waals surface area contributed by atoms with Gasteiger partial charge in [-0.05, 0) is 65.1 Å². The zero-order valence-corrected chi connectivity index (χ0v) is 13.2. The van der Waals surface area contributed by atoms with Crippen molar-refractivity contribution >= 4 is 57.4 Å². The fraction of sp³-hybridized carbons (Fsp3) is 0. The molecule has 0 spiro atoms. The van der Waals surface area contributed by atoms with E-state index < -0.39 is 0 Å². The second-order valence-electron chi connectivity index (χ2n) is 4.02. The van der Waals surface area contributed by atoms with Crippen LogP contribution in [0, 0.1) is 14.2 Å². The predicted molar refractivity (Wildman–Crippen MR) is 86.1 cm³/mol. The number of halogens is 3. The number of hydrogen-bond donors (Lipinski definition) is 1. The summed E-state index contributed by atoms with van der Waals surface area (Å²) in [6.45, 7) is 0. The number of nitrogens with one attached hydrogen (secondary N) is 1. The molecule has 0 bridgehead atoms. The van der Waals surface area contributed by atoms with Crippen molar-refractivity contribution in [2.45, 2.75) is 0 Å². The Morgan fingerprint density at radius 3 is 2.74 bits per heavy atom. The molecule has 3 aromatic rings. The number of imidazole rings is 1. The van der Waals surface area contributed by atoms with Crippen LogP contribution in [0.1, 0.15) is 0 Å². The molecule has 0 atom stereocenters. The lowest BCUT2D eigenvalue weighted by Gasteiger charge is -2.07. The first kappa shape index (κ1) is 13.1. The van der Waals surface area contributed by atoms with Crippen LogP contribution in [-0.2, 0) is 0 Å². The first-order valence-corrected chi connectivity index (χ1v) is 7.28. The molecule has 0 fully saturated rings. The van der Waals surface area contributed by atoms with E-state index in [2.05, 4.69) is 27.6 Å². The maximum absolute atomic E-state index is 13.4. The number of nitrogens with zero attached hydrogens (tertiary/aromatic N) is 1. The number of fused-ring (bicyclic) bond motifs is 1. The lowest BCUT2D eigenvalue weighted by Crippen LogP contribution is -1.95. The molecule has 2 aromatic carbocycles. The normalized spacial score (nSPS) is 11.1. The number of rotatable bonds is 1. The fourth-order valence-electron chi connectivity index (χ4n) is 1.98. The molecule has 0 radical (unpaired) electrons. The highest BCUT2D eigenvalue weighted by Gasteiger charge is 2.10. The Morgan fingerprint density at radius 1 is 1.21 bits per heavy atom. The number of H-pyrrole nitrogens is 1. The van der Waals surface area contributed by atoms with E-state index in [1.165, 1.54) is 12.1 Å². The molecule has 1 heterocycles. The molecular weight excluding hydrogens is 398 g/mol. The van der Waals surface area contributed by atoms with Crippen LogP contribution in [0.3, 0.4) is 0 Å². The second-order valence-corrected chi connectivity index (χ2v) is 6.06. The van der Waals surface area contributed by atoms with Gasteiger partial charge in [-0.3, -0.25) is 4.57 Å². The number of aromatic nitrogens is 2. The molecule has 3 rings (SSSR count). The van der Waals surface area contributed by atoms with Gasteiger partial charge in [0.05, 0.1) is 21.7 Å². The van der Waals surface area contributed by atoms with Crippen LogP contribution < -0.4 is 0 Å². The highest BCUT2D eigenvalue weighted by molar-refractivity contribution is 14.1. The SMILES string of the molecule is Fc1ccc2[nH]c(=S)n(-c3ccc(I)cc3Cl)c2c1. The molecule has 1 N–H and O–H groups in total. The molecule has 0 amide bonds. The molecule has 6 heteroatoms. The molecule has 19 heavy (non-hydrogen) atoms. The molecule has 0 aliphatic carbocycles. The van der Waals surface area contributed by atoms with E-state index >= 15 is 0 Å². The smallest absolute Gasteiger partial charge is 0.182 e. The third kappa shape index (κ3) is 2.30. The average molecular weight is 405 g/mol. The van der Waals surface area contributed by atoms with E-state index in [0.29, 0.717) is 15.3 Å². The van der Waals surface area contributed by atoms with Gasteiger partial charge in [0.25, 0.3) is 0 Å². The van der Waals surface area contributed by atoms with Gasteiger partial charge < -0.3 is 4.98 Å². The van der Waals surface area contributed by atoms with Crippen LogP contribution in [0.4, 0.5) is 4.39 Å². The standard InChI is InChI=1S/C13H7ClFIN2S/c14-9-6-8(16)2-4-11(9)18-12-5-7(15)1-3-10(12)17-13(18)19/h1-6H,(H,17,19). The average Bonchev–Trinajstić information content (AvgIpc) is 2.65. The van der Waals surface area contributed by atoms with Crippen molar-refractivity contribution in [2.75, 3.05) is 0 Å². The van der Waals surface area contributed by atoms with E-state index in [1.54, 1.807) is 10.6 Å². The Kier molecular flexibility index (Phi) is 3.36. The summed E-state index contributed by atoms with van der Waals surface area (Å²) in [6.07, 6.45) is 0. The second kappa shape index (κ2) is 4.88. The Hall–Kier alpha value is -0.920. The zero-order chi connectivity index (χ0) is 13.6. The van der Waals surface area contributed by atoms with Crippen molar-refractivity contribution < 1.29 is 4.39 Å². The number of aromatic amines is 1. The Balaban J connectivity index is 2.38. The molecule has 0 saturated heterocycles. The monoisotopic (exact) mass is 404 g/mol. The largest absolute Gasteiger partial charge is 0.330 e. The van der Waals surface area contributed by atoms with Crippen molar-refractivity contribution in [3.05, 3.63) is 55.6 Å². The summed E-state index contributed by atoms with van der Waals surface area (Å²) in [7, 11) is 0. The molecule has 0 saturated carbocycles. The third-order valence-corrected chi connectivity index (χ3v) is 4.05. The summed E-state index contributed by atoms with van der Waals surface area (Å²) >= 11 is 13.7. The van der Waals surface area contributed by atoms with Gasteiger partial charge in [0.15, 0.2) is 4.77 Å². The first-order chi connectivity index (χ1) is 9.06. The summed E-state index contributed by atoms with van der Waals surface area (Å²) in [5.74, 6) is -0.308. The van der Waals surface area contributed by atoms with Crippen LogP contribution >= 0.6 is 46.4 Å². The minimum absolute atomic E-state index is 0.308.